The predicted octanol–water partition coefficient (Wildman–Crippen LogP) is 5.92. The Morgan fingerprint density at radius 3 is 1.97 bits per heavy atom. The van der Waals surface area contributed by atoms with Gasteiger partial charge in [-0.15, -0.1) is 0 Å². The third kappa shape index (κ3) is 9.27. The van der Waals surface area contributed by atoms with Crippen LogP contribution in [-0.4, -0.2) is 46.7 Å². The van der Waals surface area contributed by atoms with Crippen LogP contribution in [-0.2, 0) is 43.1 Å². The lowest BCUT2D eigenvalue weighted by Crippen LogP contribution is -2.51. The monoisotopic (exact) mass is 531 g/mol. The van der Waals surface area contributed by atoms with Crippen molar-refractivity contribution >= 4 is 11.0 Å². The maximum Gasteiger partial charge on any atom is 0.186 e. The normalized spacial score (nSPS) is 23.7. The summed E-state index contributed by atoms with van der Waals surface area (Å²) in [7, 11) is 0.386. The quantitative estimate of drug-likeness (QED) is 0.289. The minimum Gasteiger partial charge on any atom is -0.368 e. The summed E-state index contributed by atoms with van der Waals surface area (Å²) in [6.07, 6.45) is 3.54. The molecule has 1 heterocycles. The molecule has 1 unspecified atom stereocenters. The Labute approximate surface area is 226 Å². The Morgan fingerprint density at radius 2 is 1.46 bits per heavy atom. The smallest absolute Gasteiger partial charge is 0.186 e. The van der Waals surface area contributed by atoms with Crippen molar-refractivity contribution in [3.8, 4) is 0 Å². The van der Waals surface area contributed by atoms with Gasteiger partial charge in [0, 0.05) is 13.2 Å². The topological polar surface area (TPSA) is 66.0 Å². The van der Waals surface area contributed by atoms with Crippen LogP contribution in [0.2, 0.25) is 0 Å². The van der Waals surface area contributed by atoms with Gasteiger partial charge in [-0.1, -0.05) is 93.3 Å². The molecule has 6 nitrogen and oxygen atoms in total. The first-order chi connectivity index (χ1) is 17.8. The average molecular weight is 532 g/mol. The van der Waals surface area contributed by atoms with Gasteiger partial charge in [0.1, 0.15) is 18.3 Å². The molecule has 2 aromatic rings. The highest BCUT2D eigenvalue weighted by atomic mass is 32.2. The number of nitrogens with one attached hydrogen (secondary N) is 1. The zero-order valence-electron chi connectivity index (χ0n) is 23.1. The van der Waals surface area contributed by atoms with E-state index in [9.17, 15) is 4.21 Å². The molecule has 0 saturated carbocycles. The van der Waals surface area contributed by atoms with Crippen LogP contribution in [0.1, 0.15) is 70.9 Å². The molecule has 7 heteroatoms. The largest absolute Gasteiger partial charge is 0.368 e. The molecular weight excluding hydrogens is 486 g/mol. The summed E-state index contributed by atoms with van der Waals surface area (Å²) in [5.74, 6) is 0. The minimum atomic E-state index is -1.25. The van der Waals surface area contributed by atoms with Crippen molar-refractivity contribution in [3.63, 3.8) is 0 Å². The maximum atomic E-state index is 13.2. The Balaban J connectivity index is 1.84. The van der Waals surface area contributed by atoms with E-state index in [1.165, 1.54) is 6.42 Å². The van der Waals surface area contributed by atoms with E-state index in [1.54, 1.807) is 7.11 Å². The molecular formula is C30H45NO5S. The van der Waals surface area contributed by atoms with Gasteiger partial charge in [-0.25, -0.2) is 8.93 Å². The lowest BCUT2D eigenvalue weighted by Gasteiger charge is -2.31. The predicted molar refractivity (Wildman–Crippen MR) is 149 cm³/mol. The van der Waals surface area contributed by atoms with Crippen molar-refractivity contribution in [2.24, 2.45) is 0 Å². The second-order valence-corrected chi connectivity index (χ2v) is 12.7. The molecule has 0 aromatic heterocycles. The summed E-state index contributed by atoms with van der Waals surface area (Å²) >= 11 is 0. The van der Waals surface area contributed by atoms with Crippen molar-refractivity contribution in [3.05, 3.63) is 71.8 Å². The third-order valence-electron chi connectivity index (χ3n) is 6.59. The standard InChI is InChI=1S/C30H45NO5S/c1-6-7-8-15-20-25(31-37(32)30(2,3)4)26-27(34-21-23-16-11-9-12-17-23)28(29(33-5)36-26)35-22-24-18-13-10-14-19-24/h9-14,16-19,25-29,31H,6-8,15,20-22H2,1-5H3/t25-,26+,27-,28+,29+,37?/m1/s1. The molecule has 0 aliphatic carbocycles. The van der Waals surface area contributed by atoms with Crippen molar-refractivity contribution in [2.75, 3.05) is 7.11 Å². The zero-order chi connectivity index (χ0) is 26.7. The first-order valence-electron chi connectivity index (χ1n) is 13.5. The van der Waals surface area contributed by atoms with Gasteiger partial charge in [0.15, 0.2) is 6.29 Å². The van der Waals surface area contributed by atoms with Crippen LogP contribution in [0.3, 0.4) is 0 Å². The van der Waals surface area contributed by atoms with E-state index in [2.05, 4.69) is 11.6 Å². The molecule has 3 rings (SSSR count). The van der Waals surface area contributed by atoms with E-state index in [-0.39, 0.29) is 12.1 Å². The number of ether oxygens (including phenoxy) is 4. The number of benzene rings is 2. The lowest BCUT2D eigenvalue weighted by atomic mass is 9.98. The van der Waals surface area contributed by atoms with Crippen molar-refractivity contribution in [2.45, 2.75) is 108 Å². The second-order valence-electron chi connectivity index (χ2n) is 10.7. The Bertz CT molecular complexity index is 921. The van der Waals surface area contributed by atoms with Gasteiger partial charge in [-0.3, -0.25) is 0 Å². The summed E-state index contributed by atoms with van der Waals surface area (Å²) < 4.78 is 41.4. The Hall–Kier alpha value is -1.61. The molecule has 1 fully saturated rings. The Morgan fingerprint density at radius 1 is 0.892 bits per heavy atom. The van der Waals surface area contributed by atoms with Gasteiger partial charge < -0.3 is 18.9 Å². The molecule has 0 radical (unpaired) electrons. The molecule has 1 aliphatic heterocycles. The van der Waals surface area contributed by atoms with E-state index >= 15 is 0 Å². The second kappa shape index (κ2) is 15.1. The van der Waals surface area contributed by atoms with Gasteiger partial charge in [0.05, 0.1) is 28.9 Å². The van der Waals surface area contributed by atoms with E-state index in [0.717, 1.165) is 36.8 Å². The minimum absolute atomic E-state index is 0.166. The fraction of sp³-hybridized carbons (Fsp3) is 0.600. The van der Waals surface area contributed by atoms with Crippen molar-refractivity contribution < 1.29 is 23.2 Å². The highest BCUT2D eigenvalue weighted by Crippen LogP contribution is 2.33. The molecule has 0 spiro atoms. The van der Waals surface area contributed by atoms with Crippen LogP contribution in [0.15, 0.2) is 60.7 Å². The van der Waals surface area contributed by atoms with Crippen LogP contribution in [0.4, 0.5) is 0 Å². The molecule has 1 saturated heterocycles. The molecule has 1 aliphatic rings. The number of methoxy groups -OCH3 is 1. The van der Waals surface area contributed by atoms with Crippen LogP contribution in [0, 0.1) is 0 Å². The fourth-order valence-electron chi connectivity index (χ4n) is 4.46. The molecule has 6 atom stereocenters. The average Bonchev–Trinajstić information content (AvgIpc) is 3.25. The zero-order valence-corrected chi connectivity index (χ0v) is 23.9. The van der Waals surface area contributed by atoms with Gasteiger partial charge >= 0.3 is 0 Å². The highest BCUT2D eigenvalue weighted by molar-refractivity contribution is 7.84. The third-order valence-corrected chi connectivity index (χ3v) is 8.22. The van der Waals surface area contributed by atoms with E-state index in [0.29, 0.717) is 13.2 Å². The van der Waals surface area contributed by atoms with Crippen LogP contribution in [0.5, 0.6) is 0 Å². The number of unbranched alkanes of at least 4 members (excludes halogenated alkanes) is 3. The fourth-order valence-corrected chi connectivity index (χ4v) is 5.34. The molecule has 37 heavy (non-hydrogen) atoms. The number of hydrogen-bond acceptors (Lipinski definition) is 5. The SMILES string of the molecule is CCCCCC[C@@H](NS(=O)C(C)(C)C)[C@@H]1O[C@H](OC)[C@@H](OCc2ccccc2)[C@@H]1OCc1ccccc1. The molecule has 0 amide bonds. The van der Waals surface area contributed by atoms with Crippen LogP contribution in [0.25, 0.3) is 0 Å². The van der Waals surface area contributed by atoms with E-state index in [4.69, 9.17) is 18.9 Å². The molecule has 0 bridgehead atoms. The number of rotatable bonds is 15. The van der Waals surface area contributed by atoms with Gasteiger partial charge in [0.2, 0.25) is 0 Å². The van der Waals surface area contributed by atoms with Crippen LogP contribution >= 0.6 is 0 Å². The van der Waals surface area contributed by atoms with Crippen LogP contribution < -0.4 is 4.72 Å². The highest BCUT2D eigenvalue weighted by Gasteiger charge is 2.50. The molecule has 206 valence electrons. The van der Waals surface area contributed by atoms with E-state index in [1.807, 2.05) is 81.4 Å². The molecule has 2 aromatic carbocycles. The van der Waals surface area contributed by atoms with Gasteiger partial charge in [0.25, 0.3) is 0 Å². The molecule has 1 N–H and O–H groups in total. The first kappa shape index (κ1) is 29.9. The summed E-state index contributed by atoms with van der Waals surface area (Å²) in [6.45, 7) is 9.00. The van der Waals surface area contributed by atoms with Crippen molar-refractivity contribution in [1.82, 2.24) is 4.72 Å². The summed E-state index contributed by atoms with van der Waals surface area (Å²) in [4.78, 5) is 0. The van der Waals surface area contributed by atoms with E-state index < -0.39 is 34.2 Å². The Kier molecular flexibility index (Phi) is 12.2. The summed E-state index contributed by atoms with van der Waals surface area (Å²) in [5.41, 5.74) is 2.15. The first-order valence-corrected chi connectivity index (χ1v) is 14.7. The summed E-state index contributed by atoms with van der Waals surface area (Å²) in [6, 6.07) is 20.0. The number of hydrogen-bond donors (Lipinski definition) is 1. The van der Waals surface area contributed by atoms with Gasteiger partial charge in [-0.05, 0) is 38.3 Å². The van der Waals surface area contributed by atoms with Gasteiger partial charge in [-0.2, -0.15) is 0 Å². The lowest BCUT2D eigenvalue weighted by molar-refractivity contribution is -0.168. The maximum absolute atomic E-state index is 13.2. The summed E-state index contributed by atoms with van der Waals surface area (Å²) in [5, 5.41) is 0. The van der Waals surface area contributed by atoms with Crippen molar-refractivity contribution in [1.29, 1.82) is 0 Å².